The standard InChI is InChI=1S/C14H17BrN2O5/c1-16(14(21)10-4-5-11(15)22-10)8-12(18)17-6-2-3-9(17)7-13(19)20/h4-5,9H,2-3,6-8H2,1H3,(H,19,20). The minimum atomic E-state index is -0.922. The van der Waals surface area contributed by atoms with Crippen molar-refractivity contribution in [1.29, 1.82) is 0 Å². The maximum Gasteiger partial charge on any atom is 0.305 e. The first-order valence-corrected chi connectivity index (χ1v) is 7.70. The monoisotopic (exact) mass is 372 g/mol. The van der Waals surface area contributed by atoms with Gasteiger partial charge in [0.05, 0.1) is 13.0 Å². The molecule has 0 spiro atoms. The predicted octanol–water partition coefficient (Wildman–Crippen LogP) is 1.58. The lowest BCUT2D eigenvalue weighted by Gasteiger charge is -2.26. The third kappa shape index (κ3) is 3.88. The van der Waals surface area contributed by atoms with Crippen LogP contribution in [-0.2, 0) is 9.59 Å². The Labute approximate surface area is 136 Å². The Balaban J connectivity index is 1.95. The number of amides is 2. The number of likely N-dealkylation sites (N-methyl/N-ethyl adjacent to an activating group) is 1. The summed E-state index contributed by atoms with van der Waals surface area (Å²) in [5.41, 5.74) is 0. The lowest BCUT2D eigenvalue weighted by Crippen LogP contribution is -2.43. The highest BCUT2D eigenvalue weighted by Crippen LogP contribution is 2.21. The molecule has 22 heavy (non-hydrogen) atoms. The van der Waals surface area contributed by atoms with Crippen molar-refractivity contribution in [2.45, 2.75) is 25.3 Å². The normalized spacial score (nSPS) is 17.5. The first-order chi connectivity index (χ1) is 10.4. The van der Waals surface area contributed by atoms with E-state index in [9.17, 15) is 14.4 Å². The average molecular weight is 373 g/mol. The number of aliphatic carboxylic acids is 1. The van der Waals surface area contributed by atoms with Gasteiger partial charge in [0.15, 0.2) is 10.4 Å². The Bertz CT molecular complexity index is 586. The van der Waals surface area contributed by atoms with Crippen LogP contribution in [0.15, 0.2) is 21.2 Å². The number of hydrogen-bond donors (Lipinski definition) is 1. The highest BCUT2D eigenvalue weighted by molar-refractivity contribution is 9.10. The SMILES string of the molecule is CN(CC(=O)N1CCCC1CC(=O)O)C(=O)c1ccc(Br)o1. The number of carboxylic acid groups (broad SMARTS) is 1. The summed E-state index contributed by atoms with van der Waals surface area (Å²) in [6.45, 7) is 0.429. The second kappa shape index (κ2) is 6.95. The van der Waals surface area contributed by atoms with Crippen LogP contribution in [-0.4, -0.2) is 58.9 Å². The lowest BCUT2D eigenvalue weighted by molar-refractivity contribution is -0.140. The van der Waals surface area contributed by atoms with E-state index in [-0.39, 0.29) is 30.7 Å². The van der Waals surface area contributed by atoms with Crippen molar-refractivity contribution in [3.05, 3.63) is 22.6 Å². The number of halogens is 1. The molecule has 1 aromatic rings. The maximum absolute atomic E-state index is 12.3. The summed E-state index contributed by atoms with van der Waals surface area (Å²) >= 11 is 3.12. The Morgan fingerprint density at radius 2 is 2.18 bits per heavy atom. The summed E-state index contributed by atoms with van der Waals surface area (Å²) in [6, 6.07) is 2.84. The minimum Gasteiger partial charge on any atom is -0.481 e. The van der Waals surface area contributed by atoms with Gasteiger partial charge in [-0.2, -0.15) is 0 Å². The van der Waals surface area contributed by atoms with Gasteiger partial charge in [-0.1, -0.05) is 0 Å². The third-order valence-corrected chi connectivity index (χ3v) is 4.04. The molecule has 1 aliphatic rings. The molecule has 1 aliphatic heterocycles. The molecule has 2 rings (SSSR count). The van der Waals surface area contributed by atoms with Gasteiger partial charge in [0, 0.05) is 19.6 Å². The molecular weight excluding hydrogens is 356 g/mol. The fourth-order valence-corrected chi connectivity index (χ4v) is 2.87. The van der Waals surface area contributed by atoms with Crippen LogP contribution < -0.4 is 0 Å². The number of likely N-dealkylation sites (tertiary alicyclic amines) is 1. The van der Waals surface area contributed by atoms with Crippen molar-refractivity contribution in [3.8, 4) is 0 Å². The summed E-state index contributed by atoms with van der Waals surface area (Å²) in [7, 11) is 1.51. The molecule has 1 aromatic heterocycles. The van der Waals surface area contributed by atoms with E-state index < -0.39 is 11.9 Å². The number of carbonyl (C=O) groups excluding carboxylic acids is 2. The van der Waals surface area contributed by atoms with Crippen LogP contribution in [0.3, 0.4) is 0 Å². The van der Waals surface area contributed by atoms with Gasteiger partial charge in [-0.25, -0.2) is 0 Å². The van der Waals surface area contributed by atoms with E-state index in [1.165, 1.54) is 18.0 Å². The van der Waals surface area contributed by atoms with Crippen LogP contribution >= 0.6 is 15.9 Å². The van der Waals surface area contributed by atoms with E-state index in [2.05, 4.69) is 15.9 Å². The maximum atomic E-state index is 12.3. The van der Waals surface area contributed by atoms with Crippen LogP contribution in [0.1, 0.15) is 29.8 Å². The molecule has 0 saturated carbocycles. The topological polar surface area (TPSA) is 91.1 Å². The molecule has 0 aromatic carbocycles. The number of nitrogens with zero attached hydrogens (tertiary/aromatic N) is 2. The van der Waals surface area contributed by atoms with Gasteiger partial charge < -0.3 is 19.3 Å². The minimum absolute atomic E-state index is 0.0610. The molecule has 1 saturated heterocycles. The fourth-order valence-electron chi connectivity index (χ4n) is 2.56. The Morgan fingerprint density at radius 3 is 2.77 bits per heavy atom. The Hall–Kier alpha value is -1.83. The summed E-state index contributed by atoms with van der Waals surface area (Å²) in [4.78, 5) is 38.0. The van der Waals surface area contributed by atoms with E-state index >= 15 is 0 Å². The van der Waals surface area contributed by atoms with Crippen molar-refractivity contribution < 1.29 is 23.9 Å². The summed E-state index contributed by atoms with van der Waals surface area (Å²) in [5.74, 6) is -1.42. The molecule has 2 heterocycles. The summed E-state index contributed by atoms with van der Waals surface area (Å²) in [5, 5.41) is 8.88. The predicted molar refractivity (Wildman–Crippen MR) is 80.4 cm³/mol. The van der Waals surface area contributed by atoms with Crippen LogP contribution in [0.25, 0.3) is 0 Å². The molecule has 7 nitrogen and oxygen atoms in total. The first-order valence-electron chi connectivity index (χ1n) is 6.90. The average Bonchev–Trinajstić information content (AvgIpc) is 3.06. The number of rotatable bonds is 5. The van der Waals surface area contributed by atoms with Crippen molar-refractivity contribution in [1.82, 2.24) is 9.80 Å². The zero-order valence-corrected chi connectivity index (χ0v) is 13.7. The van der Waals surface area contributed by atoms with Crippen molar-refractivity contribution in [2.24, 2.45) is 0 Å². The van der Waals surface area contributed by atoms with Gasteiger partial charge in [0.1, 0.15) is 0 Å². The van der Waals surface area contributed by atoms with E-state index in [4.69, 9.17) is 9.52 Å². The van der Waals surface area contributed by atoms with Crippen LogP contribution in [0, 0.1) is 0 Å². The van der Waals surface area contributed by atoms with E-state index in [0.29, 0.717) is 17.6 Å². The molecule has 0 aliphatic carbocycles. The van der Waals surface area contributed by atoms with Crippen LogP contribution in [0.2, 0.25) is 0 Å². The van der Waals surface area contributed by atoms with Crippen LogP contribution in [0.5, 0.6) is 0 Å². The molecule has 1 unspecified atom stereocenters. The number of carboxylic acids is 1. The molecule has 1 atom stereocenters. The van der Waals surface area contributed by atoms with Crippen molar-refractivity contribution in [3.63, 3.8) is 0 Å². The van der Waals surface area contributed by atoms with Gasteiger partial charge in [0.25, 0.3) is 5.91 Å². The fraction of sp³-hybridized carbons (Fsp3) is 0.500. The largest absolute Gasteiger partial charge is 0.481 e. The van der Waals surface area contributed by atoms with Gasteiger partial charge in [-0.15, -0.1) is 0 Å². The van der Waals surface area contributed by atoms with E-state index in [0.717, 1.165) is 6.42 Å². The van der Waals surface area contributed by atoms with Crippen LogP contribution in [0.4, 0.5) is 0 Å². The molecule has 0 radical (unpaired) electrons. The highest BCUT2D eigenvalue weighted by Gasteiger charge is 2.31. The quantitative estimate of drug-likeness (QED) is 0.846. The van der Waals surface area contributed by atoms with Gasteiger partial charge in [-0.3, -0.25) is 14.4 Å². The van der Waals surface area contributed by atoms with E-state index in [1.54, 1.807) is 11.0 Å². The second-order valence-electron chi connectivity index (χ2n) is 5.25. The third-order valence-electron chi connectivity index (χ3n) is 3.61. The molecule has 8 heteroatoms. The second-order valence-corrected chi connectivity index (χ2v) is 6.03. The Morgan fingerprint density at radius 1 is 1.45 bits per heavy atom. The molecule has 1 N–H and O–H groups in total. The molecule has 0 bridgehead atoms. The molecular formula is C14H17BrN2O5. The first kappa shape index (κ1) is 16.5. The van der Waals surface area contributed by atoms with Gasteiger partial charge >= 0.3 is 5.97 Å². The van der Waals surface area contributed by atoms with Crippen molar-refractivity contribution >= 4 is 33.7 Å². The number of furan rings is 1. The highest BCUT2D eigenvalue weighted by atomic mass is 79.9. The smallest absolute Gasteiger partial charge is 0.305 e. The molecule has 1 fully saturated rings. The lowest BCUT2D eigenvalue weighted by atomic mass is 10.1. The van der Waals surface area contributed by atoms with Gasteiger partial charge in [0.2, 0.25) is 5.91 Å². The van der Waals surface area contributed by atoms with Gasteiger partial charge in [-0.05, 0) is 40.9 Å². The Kier molecular flexibility index (Phi) is 5.23. The summed E-state index contributed by atoms with van der Waals surface area (Å²) in [6.07, 6.45) is 1.40. The number of hydrogen-bond acceptors (Lipinski definition) is 4. The molecule has 120 valence electrons. The van der Waals surface area contributed by atoms with Crippen molar-refractivity contribution in [2.75, 3.05) is 20.1 Å². The zero-order valence-electron chi connectivity index (χ0n) is 12.1. The zero-order chi connectivity index (χ0) is 16.3. The summed E-state index contributed by atoms with van der Waals surface area (Å²) < 4.78 is 5.61. The molecule has 2 amide bonds. The van der Waals surface area contributed by atoms with E-state index in [1.807, 2.05) is 0 Å². The number of carbonyl (C=O) groups is 3.